The lowest BCUT2D eigenvalue weighted by Crippen LogP contribution is -2.48. The maximum Gasteiger partial charge on any atom is 0.420 e. The number of nitrogens with two attached hydrogens (primary N) is 1. The summed E-state index contributed by atoms with van der Waals surface area (Å²) < 4.78 is 41.1. The van der Waals surface area contributed by atoms with Crippen LogP contribution in [0.1, 0.15) is 35.5 Å². The maximum atomic E-state index is 13.5. The monoisotopic (exact) mass is 462 g/mol. The molecule has 2 aromatic heterocycles. The van der Waals surface area contributed by atoms with Crippen molar-refractivity contribution in [1.29, 1.82) is 0 Å². The molecule has 0 aliphatic heterocycles. The fourth-order valence-corrected chi connectivity index (χ4v) is 2.78. The molecule has 1 aromatic carbocycles. The van der Waals surface area contributed by atoms with Crippen molar-refractivity contribution >= 4 is 17.6 Å². The van der Waals surface area contributed by atoms with Crippen LogP contribution in [0.4, 0.5) is 13.2 Å². The Bertz CT molecular complexity index is 1100. The number of alkyl halides is 3. The normalized spacial score (nSPS) is 11.7. The van der Waals surface area contributed by atoms with Crippen LogP contribution in [0.3, 0.4) is 0 Å². The van der Waals surface area contributed by atoms with Crippen LogP contribution in [0.25, 0.3) is 5.95 Å². The van der Waals surface area contributed by atoms with E-state index in [4.69, 9.17) is 5.73 Å². The van der Waals surface area contributed by atoms with E-state index in [1.165, 1.54) is 18.5 Å². The van der Waals surface area contributed by atoms with E-state index in [-0.39, 0.29) is 12.4 Å². The van der Waals surface area contributed by atoms with Crippen molar-refractivity contribution in [2.75, 3.05) is 0 Å². The first-order valence-corrected chi connectivity index (χ1v) is 9.79. The molecule has 33 heavy (non-hydrogen) atoms. The molecule has 0 radical (unpaired) electrons. The predicted octanol–water partition coefficient (Wildman–Crippen LogP) is 2.10. The number of rotatable bonds is 7. The summed E-state index contributed by atoms with van der Waals surface area (Å²) in [5.41, 5.74) is 3.31. The van der Waals surface area contributed by atoms with Gasteiger partial charge in [0.05, 0.1) is 6.20 Å². The van der Waals surface area contributed by atoms with Crippen molar-refractivity contribution in [2.24, 2.45) is 5.73 Å². The number of halogens is 3. The van der Waals surface area contributed by atoms with Gasteiger partial charge < -0.3 is 11.1 Å². The molecule has 1 atom stereocenters. The second-order valence-corrected chi connectivity index (χ2v) is 6.31. The Morgan fingerprint density at radius 2 is 1.67 bits per heavy atom. The van der Waals surface area contributed by atoms with Gasteiger partial charge in [-0.3, -0.25) is 14.4 Å². The van der Waals surface area contributed by atoms with Gasteiger partial charge in [0.15, 0.2) is 0 Å². The average Bonchev–Trinajstić information content (AvgIpc) is 3.27. The van der Waals surface area contributed by atoms with Crippen LogP contribution in [0.5, 0.6) is 0 Å². The van der Waals surface area contributed by atoms with E-state index in [0.29, 0.717) is 16.4 Å². The largest absolute Gasteiger partial charge is 0.420 e. The fraction of sp³-hybridized carbons (Fsp3) is 0.238. The summed E-state index contributed by atoms with van der Waals surface area (Å²) in [7, 11) is 0. The molecule has 174 valence electrons. The molecule has 0 fully saturated rings. The first-order chi connectivity index (χ1) is 15.7. The van der Waals surface area contributed by atoms with Gasteiger partial charge in [-0.2, -0.15) is 23.0 Å². The number of aromatic nitrogens is 4. The van der Waals surface area contributed by atoms with Crippen LogP contribution < -0.4 is 11.1 Å². The summed E-state index contributed by atoms with van der Waals surface area (Å²) in [6.45, 7) is 4.00. The van der Waals surface area contributed by atoms with Crippen LogP contribution in [-0.2, 0) is 22.2 Å². The molecule has 3 aromatic rings. The third-order valence-electron chi connectivity index (χ3n) is 4.18. The highest BCUT2D eigenvalue weighted by atomic mass is 19.4. The molecule has 1 unspecified atom stereocenters. The molecule has 9 nitrogen and oxygen atoms in total. The first-order valence-electron chi connectivity index (χ1n) is 9.79. The van der Waals surface area contributed by atoms with Gasteiger partial charge in [-0.25, -0.2) is 9.97 Å². The van der Waals surface area contributed by atoms with Crippen molar-refractivity contribution in [3.8, 4) is 5.95 Å². The minimum absolute atomic E-state index is 0.161. The number of primary amides is 1. The Morgan fingerprint density at radius 1 is 1.06 bits per heavy atom. The quantitative estimate of drug-likeness (QED) is 0.517. The number of carbonyl (C=O) groups excluding carboxylic acids is 3. The number of nitrogens with zero attached hydrogens (tertiary/aromatic N) is 4. The number of nitrogens with one attached hydrogen (secondary N) is 1. The molecule has 0 spiro atoms. The Balaban J connectivity index is 0.00000187. The van der Waals surface area contributed by atoms with Crippen LogP contribution in [0.2, 0.25) is 0 Å². The zero-order valence-corrected chi connectivity index (χ0v) is 17.7. The standard InChI is InChI=1S/C19H15F3N6O3.C2H6/c20-19(21,22)12-10-26-28(18-24-7-4-8-25-18)14(12)17(31)27-13(15(29)16(23)30)9-11-5-2-1-3-6-11;1-2/h1-8,10,13H,9H2,(H2,23,30)(H,27,31);1-2H3. The topological polar surface area (TPSA) is 133 Å². The molecular formula is C21H21F3N6O3. The van der Waals surface area contributed by atoms with Crippen molar-refractivity contribution in [2.45, 2.75) is 32.5 Å². The molecule has 2 heterocycles. The lowest BCUT2D eigenvalue weighted by Gasteiger charge is -2.18. The number of carbonyl (C=O) groups is 3. The minimum atomic E-state index is -4.93. The smallest absolute Gasteiger partial charge is 0.363 e. The molecule has 0 aliphatic rings. The van der Waals surface area contributed by atoms with E-state index in [9.17, 15) is 27.6 Å². The van der Waals surface area contributed by atoms with Crippen molar-refractivity contribution in [3.63, 3.8) is 0 Å². The molecular weight excluding hydrogens is 441 g/mol. The van der Waals surface area contributed by atoms with Crippen molar-refractivity contribution in [1.82, 2.24) is 25.1 Å². The molecule has 0 saturated heterocycles. The third-order valence-corrected chi connectivity index (χ3v) is 4.18. The Morgan fingerprint density at radius 3 is 2.21 bits per heavy atom. The summed E-state index contributed by atoms with van der Waals surface area (Å²) in [4.78, 5) is 44.1. The molecule has 0 saturated carbocycles. The molecule has 0 bridgehead atoms. The van der Waals surface area contributed by atoms with Crippen molar-refractivity contribution < 1.29 is 27.6 Å². The molecule has 3 rings (SSSR count). The molecule has 0 aliphatic carbocycles. The molecule has 12 heteroatoms. The SMILES string of the molecule is CC.NC(=O)C(=O)C(Cc1ccccc1)NC(=O)c1c(C(F)(F)F)cnn1-c1ncccn1. The highest BCUT2D eigenvalue weighted by molar-refractivity contribution is 6.38. The summed E-state index contributed by atoms with van der Waals surface area (Å²) in [5, 5.41) is 5.75. The molecule has 2 amide bonds. The Hall–Kier alpha value is -4.09. The van der Waals surface area contributed by atoms with Crippen LogP contribution in [0.15, 0.2) is 55.0 Å². The highest BCUT2D eigenvalue weighted by Gasteiger charge is 2.40. The van der Waals surface area contributed by atoms with E-state index in [2.05, 4.69) is 20.4 Å². The van der Waals surface area contributed by atoms with Crippen LogP contribution in [-0.4, -0.2) is 43.4 Å². The van der Waals surface area contributed by atoms with Gasteiger partial charge in [-0.05, 0) is 11.6 Å². The third kappa shape index (κ3) is 6.21. The lowest BCUT2D eigenvalue weighted by molar-refractivity contribution is -0.138. The van der Waals surface area contributed by atoms with Gasteiger partial charge in [0.25, 0.3) is 17.8 Å². The summed E-state index contributed by atoms with van der Waals surface area (Å²) in [5.74, 6) is -4.08. The van der Waals surface area contributed by atoms with E-state index < -0.39 is 41.1 Å². The maximum absolute atomic E-state index is 13.5. The van der Waals surface area contributed by atoms with Gasteiger partial charge in [-0.15, -0.1) is 0 Å². The summed E-state index contributed by atoms with van der Waals surface area (Å²) >= 11 is 0. The highest BCUT2D eigenvalue weighted by Crippen LogP contribution is 2.32. The minimum Gasteiger partial charge on any atom is -0.363 e. The van der Waals surface area contributed by atoms with Gasteiger partial charge >= 0.3 is 6.18 Å². The number of amides is 2. The molecule has 3 N–H and O–H groups in total. The second kappa shape index (κ2) is 11.0. The second-order valence-electron chi connectivity index (χ2n) is 6.31. The average molecular weight is 462 g/mol. The number of hydrogen-bond acceptors (Lipinski definition) is 6. The predicted molar refractivity (Wildman–Crippen MR) is 111 cm³/mol. The lowest BCUT2D eigenvalue weighted by atomic mass is 10.0. The summed E-state index contributed by atoms with van der Waals surface area (Å²) in [6, 6.07) is 8.21. The zero-order chi connectivity index (χ0) is 24.6. The first kappa shape index (κ1) is 25.2. The van der Waals surface area contributed by atoms with Gasteiger partial charge in [-0.1, -0.05) is 44.2 Å². The van der Waals surface area contributed by atoms with Crippen molar-refractivity contribution in [3.05, 3.63) is 71.8 Å². The number of benzene rings is 1. The van der Waals surface area contributed by atoms with E-state index >= 15 is 0 Å². The van der Waals surface area contributed by atoms with Crippen LogP contribution >= 0.6 is 0 Å². The van der Waals surface area contributed by atoms with E-state index in [1.54, 1.807) is 30.3 Å². The van der Waals surface area contributed by atoms with Crippen LogP contribution in [0, 0.1) is 0 Å². The Kier molecular flexibility index (Phi) is 8.37. The number of ketones is 1. The summed E-state index contributed by atoms with van der Waals surface area (Å²) in [6.07, 6.45) is -2.12. The zero-order valence-electron chi connectivity index (χ0n) is 17.7. The Labute approximate surface area is 186 Å². The van der Waals surface area contributed by atoms with E-state index in [0.717, 1.165) is 0 Å². The van der Waals surface area contributed by atoms with Gasteiger partial charge in [0, 0.05) is 18.8 Å². The van der Waals surface area contributed by atoms with Gasteiger partial charge in [0.1, 0.15) is 17.3 Å². The number of hydrogen-bond donors (Lipinski definition) is 2. The van der Waals surface area contributed by atoms with E-state index in [1.807, 2.05) is 13.8 Å². The fourth-order valence-electron chi connectivity index (χ4n) is 2.78. The number of Topliss-reactive ketones (excluding diaryl/α,β-unsaturated/α-hetero) is 1. The van der Waals surface area contributed by atoms with Gasteiger partial charge in [0.2, 0.25) is 5.78 Å².